The number of ketones is 1. The molecule has 0 aliphatic carbocycles. The summed E-state index contributed by atoms with van der Waals surface area (Å²) in [6.07, 6.45) is 5.63. The second-order valence-electron chi connectivity index (χ2n) is 6.77. The topological polar surface area (TPSA) is 150 Å². The summed E-state index contributed by atoms with van der Waals surface area (Å²) in [5.74, 6) is -3.63. The van der Waals surface area contributed by atoms with E-state index in [1.54, 1.807) is 0 Å². The normalized spacial score (nSPS) is 16.4. The lowest BCUT2D eigenvalue weighted by atomic mass is 10.1. The van der Waals surface area contributed by atoms with Gasteiger partial charge in [-0.3, -0.25) is 43.4 Å². The number of imide groups is 2. The highest BCUT2D eigenvalue weighted by Gasteiger charge is 2.27. The lowest BCUT2D eigenvalue weighted by Crippen LogP contribution is -2.46. The fourth-order valence-corrected chi connectivity index (χ4v) is 2.84. The van der Waals surface area contributed by atoms with E-state index in [4.69, 9.17) is 0 Å². The summed E-state index contributed by atoms with van der Waals surface area (Å²) in [6, 6.07) is -0.778. The number of rotatable bonds is 11. The van der Waals surface area contributed by atoms with Gasteiger partial charge in [0.15, 0.2) is 5.78 Å². The molecule has 11 nitrogen and oxygen atoms in total. The van der Waals surface area contributed by atoms with Gasteiger partial charge in [0.25, 0.3) is 23.6 Å². The highest BCUT2D eigenvalue weighted by molar-refractivity contribution is 6.15. The largest absolute Gasteiger partial charge is 0.355 e. The smallest absolute Gasteiger partial charge is 0.254 e. The molecular formula is C19H22N4O7. The molecule has 0 saturated heterocycles. The van der Waals surface area contributed by atoms with Crippen molar-refractivity contribution in [1.82, 2.24) is 20.4 Å². The van der Waals surface area contributed by atoms with Crippen LogP contribution < -0.4 is 10.6 Å². The van der Waals surface area contributed by atoms with E-state index in [0.717, 1.165) is 34.1 Å². The van der Waals surface area contributed by atoms with Gasteiger partial charge in [-0.1, -0.05) is 0 Å². The van der Waals surface area contributed by atoms with Crippen LogP contribution >= 0.6 is 0 Å². The third-order valence-electron chi connectivity index (χ3n) is 4.47. The van der Waals surface area contributed by atoms with E-state index in [2.05, 4.69) is 10.6 Å². The summed E-state index contributed by atoms with van der Waals surface area (Å²) in [6.45, 7) is 0.759. The van der Waals surface area contributed by atoms with E-state index in [0.29, 0.717) is 19.3 Å². The minimum absolute atomic E-state index is 0.267. The fourth-order valence-electron chi connectivity index (χ4n) is 2.84. The van der Waals surface area contributed by atoms with Crippen molar-refractivity contribution in [2.75, 3.05) is 19.6 Å². The second-order valence-corrected chi connectivity index (χ2v) is 6.77. The molecule has 2 aliphatic rings. The number of hydrogen-bond acceptors (Lipinski definition) is 7. The van der Waals surface area contributed by atoms with Crippen molar-refractivity contribution in [2.45, 2.75) is 32.2 Å². The van der Waals surface area contributed by atoms with Gasteiger partial charge in [0.1, 0.15) is 13.1 Å². The number of nitrogens with zero attached hydrogens (tertiary/aromatic N) is 2. The molecule has 0 aromatic heterocycles. The van der Waals surface area contributed by atoms with Crippen molar-refractivity contribution < 1.29 is 33.6 Å². The average Bonchev–Trinajstić information content (AvgIpc) is 3.16. The van der Waals surface area contributed by atoms with Crippen molar-refractivity contribution in [3.05, 3.63) is 24.3 Å². The van der Waals surface area contributed by atoms with Crippen molar-refractivity contribution >= 4 is 41.2 Å². The third kappa shape index (κ3) is 6.19. The molecule has 0 saturated carbocycles. The average molecular weight is 418 g/mol. The zero-order valence-electron chi connectivity index (χ0n) is 16.4. The number of carbonyl (C=O) groups excluding carboxylic acids is 7. The fraction of sp³-hybridized carbons (Fsp3) is 0.421. The molecule has 0 bridgehead atoms. The number of nitrogens with one attached hydrogen (secondary N) is 2. The van der Waals surface area contributed by atoms with Crippen LogP contribution in [-0.4, -0.2) is 76.7 Å². The molecule has 160 valence electrons. The van der Waals surface area contributed by atoms with Gasteiger partial charge in [-0.25, -0.2) is 0 Å². The molecule has 0 fully saturated rings. The molecule has 11 heteroatoms. The summed E-state index contributed by atoms with van der Waals surface area (Å²) in [5.41, 5.74) is 0. The first-order valence-corrected chi connectivity index (χ1v) is 9.32. The summed E-state index contributed by atoms with van der Waals surface area (Å²) in [5, 5.41) is 5.08. The molecule has 30 heavy (non-hydrogen) atoms. The highest BCUT2D eigenvalue weighted by Crippen LogP contribution is 2.06. The number of unbranched alkanes of at least 4 members (excludes halogenated alkanes) is 1. The number of amides is 6. The molecule has 2 heterocycles. The van der Waals surface area contributed by atoms with Gasteiger partial charge in [-0.2, -0.15) is 0 Å². The molecular weight excluding hydrogens is 396 g/mol. The molecule has 1 atom stereocenters. The Morgan fingerprint density at radius 1 is 0.800 bits per heavy atom. The minimum Gasteiger partial charge on any atom is -0.355 e. The molecule has 2 N–H and O–H groups in total. The van der Waals surface area contributed by atoms with Gasteiger partial charge in [0.2, 0.25) is 11.8 Å². The first-order valence-electron chi connectivity index (χ1n) is 9.32. The van der Waals surface area contributed by atoms with E-state index < -0.39 is 48.0 Å². The van der Waals surface area contributed by atoms with Crippen molar-refractivity contribution in [3.8, 4) is 0 Å². The predicted octanol–water partition coefficient (Wildman–Crippen LogP) is -1.80. The van der Waals surface area contributed by atoms with Gasteiger partial charge in [0, 0.05) is 30.8 Å². The Hall–Kier alpha value is -3.63. The number of hydrogen-bond donors (Lipinski definition) is 2. The SMILES string of the molecule is CC(=O)C(CCCCNC(=O)CN1C(=O)C=CC1=O)NC(=O)CN1C(=O)C=CC1=O. The molecule has 0 aromatic rings. The third-order valence-corrected chi connectivity index (χ3v) is 4.47. The van der Waals surface area contributed by atoms with Gasteiger partial charge < -0.3 is 10.6 Å². The van der Waals surface area contributed by atoms with E-state index in [-0.39, 0.29) is 18.9 Å². The lowest BCUT2D eigenvalue weighted by Gasteiger charge is -2.19. The number of Topliss-reactive ketones (excluding diaryl/α,β-unsaturated/α-hetero) is 1. The zero-order chi connectivity index (χ0) is 22.3. The van der Waals surface area contributed by atoms with Crippen LogP contribution in [0.1, 0.15) is 26.2 Å². The second kappa shape index (κ2) is 10.2. The number of carbonyl (C=O) groups is 7. The van der Waals surface area contributed by atoms with Crippen molar-refractivity contribution in [2.24, 2.45) is 0 Å². The maximum Gasteiger partial charge on any atom is 0.254 e. The van der Waals surface area contributed by atoms with Crippen LogP contribution in [0.5, 0.6) is 0 Å². The zero-order valence-corrected chi connectivity index (χ0v) is 16.4. The Kier molecular flexibility index (Phi) is 7.73. The maximum absolute atomic E-state index is 12.0. The molecule has 0 spiro atoms. The monoisotopic (exact) mass is 418 g/mol. The summed E-state index contributed by atoms with van der Waals surface area (Å²) >= 11 is 0. The van der Waals surface area contributed by atoms with E-state index in [1.165, 1.54) is 6.92 Å². The molecule has 0 radical (unpaired) electrons. The summed E-state index contributed by atoms with van der Waals surface area (Å²) in [4.78, 5) is 82.9. The van der Waals surface area contributed by atoms with E-state index in [1.807, 2.05) is 0 Å². The van der Waals surface area contributed by atoms with Gasteiger partial charge >= 0.3 is 0 Å². The maximum atomic E-state index is 12.0. The standard InChI is InChI=1S/C19H22N4O7/c1-12(24)13(21-15(26)11-23-18(29)7-8-19(23)30)4-2-3-9-20-14(25)10-22-16(27)5-6-17(22)28/h5-8,13H,2-4,9-11H2,1H3,(H,20,25)(H,21,26). The van der Waals surface area contributed by atoms with Crippen LogP contribution in [-0.2, 0) is 33.6 Å². The molecule has 2 rings (SSSR count). The summed E-state index contributed by atoms with van der Waals surface area (Å²) in [7, 11) is 0. The Bertz CT molecular complexity index is 810. The quantitative estimate of drug-likeness (QED) is 0.297. The van der Waals surface area contributed by atoms with Crippen molar-refractivity contribution in [3.63, 3.8) is 0 Å². The van der Waals surface area contributed by atoms with Crippen molar-refractivity contribution in [1.29, 1.82) is 0 Å². The Morgan fingerprint density at radius 3 is 1.73 bits per heavy atom. The molecule has 1 unspecified atom stereocenters. The van der Waals surface area contributed by atoms with Gasteiger partial charge in [-0.15, -0.1) is 0 Å². The molecule has 2 aliphatic heterocycles. The van der Waals surface area contributed by atoms with E-state index in [9.17, 15) is 33.6 Å². The first-order chi connectivity index (χ1) is 14.2. The van der Waals surface area contributed by atoms with Crippen LogP contribution in [0.25, 0.3) is 0 Å². The first kappa shape index (κ1) is 22.7. The lowest BCUT2D eigenvalue weighted by molar-refractivity contribution is -0.141. The minimum atomic E-state index is -0.778. The highest BCUT2D eigenvalue weighted by atomic mass is 16.2. The Balaban J connectivity index is 1.66. The van der Waals surface area contributed by atoms with Crippen LogP contribution in [0.2, 0.25) is 0 Å². The summed E-state index contributed by atoms with van der Waals surface area (Å²) < 4.78 is 0. The molecule has 0 aromatic carbocycles. The van der Waals surface area contributed by atoms with Crippen LogP contribution in [0.4, 0.5) is 0 Å². The Labute approximate surface area is 172 Å². The Morgan fingerprint density at radius 2 is 1.27 bits per heavy atom. The predicted molar refractivity (Wildman–Crippen MR) is 101 cm³/mol. The van der Waals surface area contributed by atoms with Gasteiger partial charge in [-0.05, 0) is 26.2 Å². The van der Waals surface area contributed by atoms with Crippen LogP contribution in [0, 0.1) is 0 Å². The van der Waals surface area contributed by atoms with Crippen LogP contribution in [0.3, 0.4) is 0 Å². The van der Waals surface area contributed by atoms with Crippen LogP contribution in [0.15, 0.2) is 24.3 Å². The van der Waals surface area contributed by atoms with E-state index >= 15 is 0 Å². The van der Waals surface area contributed by atoms with Gasteiger partial charge in [0.05, 0.1) is 6.04 Å². The molecule has 6 amide bonds.